The number of rotatable bonds is 5. The number of hydrogen-bond acceptors (Lipinski definition) is 2. The third-order valence-electron chi connectivity index (χ3n) is 2.81. The number of ketones is 1. The maximum absolute atomic E-state index is 11.0. The van der Waals surface area contributed by atoms with Crippen molar-refractivity contribution in [1.29, 1.82) is 0 Å². The fraction of sp³-hybridized carbons (Fsp3) is 0.917. The average Bonchev–Trinajstić information content (AvgIpc) is 2.01. The summed E-state index contributed by atoms with van der Waals surface area (Å²) in [6.45, 7) is 9.68. The molecule has 0 aliphatic rings. The zero-order valence-electron chi connectivity index (χ0n) is 10.1. The summed E-state index contributed by atoms with van der Waals surface area (Å²) in [5.74, 6) is 0.386. The van der Waals surface area contributed by atoms with Gasteiger partial charge < -0.3 is 5.11 Å². The molecular weight excluding hydrogens is 176 g/mol. The van der Waals surface area contributed by atoms with Gasteiger partial charge in [-0.3, -0.25) is 4.79 Å². The van der Waals surface area contributed by atoms with E-state index in [2.05, 4.69) is 0 Å². The fourth-order valence-corrected chi connectivity index (χ4v) is 1.25. The highest BCUT2D eigenvalue weighted by Crippen LogP contribution is 2.23. The van der Waals surface area contributed by atoms with Crippen LogP contribution in [0.2, 0.25) is 0 Å². The molecule has 0 aromatic rings. The van der Waals surface area contributed by atoms with Crippen LogP contribution in [0.25, 0.3) is 0 Å². The first-order chi connectivity index (χ1) is 6.25. The lowest BCUT2D eigenvalue weighted by Gasteiger charge is -2.26. The number of aliphatic hydroxyl groups excluding tert-OH is 1. The Labute approximate surface area is 87.7 Å². The van der Waals surface area contributed by atoms with Gasteiger partial charge in [-0.25, -0.2) is 0 Å². The van der Waals surface area contributed by atoms with Crippen molar-refractivity contribution in [3.05, 3.63) is 0 Å². The van der Waals surface area contributed by atoms with Gasteiger partial charge in [0.1, 0.15) is 5.78 Å². The molecule has 0 rings (SSSR count). The zero-order valence-corrected chi connectivity index (χ0v) is 10.1. The summed E-state index contributed by atoms with van der Waals surface area (Å²) in [4.78, 5) is 11.0. The van der Waals surface area contributed by atoms with E-state index in [0.29, 0.717) is 0 Å². The van der Waals surface area contributed by atoms with Crippen LogP contribution in [0.1, 0.15) is 53.9 Å². The van der Waals surface area contributed by atoms with Gasteiger partial charge in [0.05, 0.1) is 6.10 Å². The van der Waals surface area contributed by atoms with Gasteiger partial charge in [-0.05, 0) is 25.2 Å². The van der Waals surface area contributed by atoms with Gasteiger partial charge in [0.2, 0.25) is 0 Å². The van der Waals surface area contributed by atoms with Crippen molar-refractivity contribution in [2.75, 3.05) is 0 Å². The van der Waals surface area contributed by atoms with Crippen LogP contribution in [0.4, 0.5) is 0 Å². The van der Waals surface area contributed by atoms with Crippen LogP contribution in [-0.4, -0.2) is 17.0 Å². The zero-order chi connectivity index (χ0) is 11.4. The largest absolute Gasteiger partial charge is 0.393 e. The molecule has 0 saturated heterocycles. The molecule has 2 nitrogen and oxygen atoms in total. The summed E-state index contributed by atoms with van der Waals surface area (Å²) in [6, 6.07) is 0. The predicted octanol–water partition coefficient (Wildman–Crippen LogP) is 2.79. The van der Waals surface area contributed by atoms with Crippen molar-refractivity contribution in [1.82, 2.24) is 0 Å². The van der Waals surface area contributed by atoms with Gasteiger partial charge >= 0.3 is 0 Å². The molecule has 0 aliphatic heterocycles. The molecule has 0 heterocycles. The van der Waals surface area contributed by atoms with Crippen LogP contribution in [-0.2, 0) is 4.79 Å². The van der Waals surface area contributed by atoms with E-state index in [0.717, 1.165) is 19.3 Å². The highest BCUT2D eigenvalue weighted by atomic mass is 16.3. The Bertz CT molecular complexity index is 179. The van der Waals surface area contributed by atoms with Gasteiger partial charge in [0.25, 0.3) is 0 Å². The van der Waals surface area contributed by atoms with Crippen molar-refractivity contribution in [3.63, 3.8) is 0 Å². The van der Waals surface area contributed by atoms with Gasteiger partial charge in [-0.2, -0.15) is 0 Å². The Hall–Kier alpha value is -0.370. The summed E-state index contributed by atoms with van der Waals surface area (Å²) in [5.41, 5.74) is -0.0422. The van der Waals surface area contributed by atoms with E-state index >= 15 is 0 Å². The van der Waals surface area contributed by atoms with Crippen molar-refractivity contribution in [3.8, 4) is 0 Å². The lowest BCUT2D eigenvalue weighted by molar-refractivity contribution is -0.120. The lowest BCUT2D eigenvalue weighted by Crippen LogP contribution is -2.26. The van der Waals surface area contributed by atoms with Crippen LogP contribution in [0.15, 0.2) is 0 Å². The molecule has 1 N–H and O–H groups in total. The summed E-state index contributed by atoms with van der Waals surface area (Å²) in [5, 5.41) is 9.75. The molecule has 0 aromatic heterocycles. The summed E-state index contributed by atoms with van der Waals surface area (Å²) < 4.78 is 0. The summed E-state index contributed by atoms with van der Waals surface area (Å²) in [7, 11) is 0. The van der Waals surface area contributed by atoms with Crippen molar-refractivity contribution < 1.29 is 9.90 Å². The minimum atomic E-state index is -0.262. The minimum Gasteiger partial charge on any atom is -0.393 e. The normalized spacial score (nSPS) is 16.4. The second-order valence-electron chi connectivity index (χ2n) is 5.32. The maximum Gasteiger partial charge on any atom is 0.132 e. The van der Waals surface area contributed by atoms with E-state index in [-0.39, 0.29) is 23.2 Å². The van der Waals surface area contributed by atoms with Gasteiger partial charge in [0, 0.05) is 5.92 Å². The molecule has 84 valence electrons. The van der Waals surface area contributed by atoms with Crippen LogP contribution in [0.3, 0.4) is 0 Å². The molecule has 0 radical (unpaired) electrons. The molecule has 0 fully saturated rings. The minimum absolute atomic E-state index is 0.0422. The van der Waals surface area contributed by atoms with Crippen LogP contribution >= 0.6 is 0 Å². The standard InChI is InChI=1S/C12H24O2/c1-9(10(2)13)7-6-8-11(14)12(3,4)5/h9,11,14H,6-8H2,1-5H3/t9?,11-/m0/s1. The van der Waals surface area contributed by atoms with Crippen LogP contribution in [0, 0.1) is 11.3 Å². The topological polar surface area (TPSA) is 37.3 Å². The summed E-state index contributed by atoms with van der Waals surface area (Å²) >= 11 is 0. The predicted molar refractivity (Wildman–Crippen MR) is 59.2 cm³/mol. The summed E-state index contributed by atoms with van der Waals surface area (Å²) in [6.07, 6.45) is 2.35. The molecule has 2 atom stereocenters. The SMILES string of the molecule is CC(=O)C(C)CCC[C@H](O)C(C)(C)C. The highest BCUT2D eigenvalue weighted by molar-refractivity contribution is 5.77. The third kappa shape index (κ3) is 5.38. The van der Waals surface area contributed by atoms with E-state index in [1.54, 1.807) is 6.92 Å². The Morgan fingerprint density at radius 3 is 2.14 bits per heavy atom. The molecule has 14 heavy (non-hydrogen) atoms. The molecule has 0 amide bonds. The van der Waals surface area contributed by atoms with E-state index in [1.807, 2.05) is 27.7 Å². The second kappa shape index (κ2) is 5.50. The first kappa shape index (κ1) is 13.6. The Morgan fingerprint density at radius 1 is 1.29 bits per heavy atom. The smallest absolute Gasteiger partial charge is 0.132 e. The Kier molecular flexibility index (Phi) is 5.35. The quantitative estimate of drug-likeness (QED) is 0.741. The molecule has 0 bridgehead atoms. The number of hydrogen-bond donors (Lipinski definition) is 1. The molecule has 0 aromatic carbocycles. The van der Waals surface area contributed by atoms with Gasteiger partial charge in [-0.1, -0.05) is 34.1 Å². The maximum atomic E-state index is 11.0. The third-order valence-corrected chi connectivity index (χ3v) is 2.81. The van der Waals surface area contributed by atoms with Crippen LogP contribution < -0.4 is 0 Å². The number of Topliss-reactive ketones (excluding diaryl/α,β-unsaturated/α-hetero) is 1. The van der Waals surface area contributed by atoms with Gasteiger partial charge in [-0.15, -0.1) is 0 Å². The second-order valence-corrected chi connectivity index (χ2v) is 5.32. The average molecular weight is 200 g/mol. The van der Waals surface area contributed by atoms with E-state index < -0.39 is 0 Å². The Balaban J connectivity index is 3.70. The van der Waals surface area contributed by atoms with E-state index in [1.165, 1.54) is 0 Å². The number of carbonyl (C=O) groups excluding carboxylic acids is 1. The first-order valence-electron chi connectivity index (χ1n) is 5.43. The molecule has 0 spiro atoms. The molecular formula is C12H24O2. The Morgan fingerprint density at radius 2 is 1.79 bits per heavy atom. The number of carbonyl (C=O) groups is 1. The molecule has 2 heteroatoms. The van der Waals surface area contributed by atoms with Gasteiger partial charge in [0.15, 0.2) is 0 Å². The molecule has 0 saturated carbocycles. The van der Waals surface area contributed by atoms with Crippen LogP contribution in [0.5, 0.6) is 0 Å². The molecule has 0 aliphatic carbocycles. The first-order valence-corrected chi connectivity index (χ1v) is 5.43. The van der Waals surface area contributed by atoms with E-state index in [4.69, 9.17) is 0 Å². The van der Waals surface area contributed by atoms with Crippen molar-refractivity contribution in [2.45, 2.75) is 60.0 Å². The van der Waals surface area contributed by atoms with E-state index in [9.17, 15) is 9.90 Å². The van der Waals surface area contributed by atoms with Crippen molar-refractivity contribution in [2.24, 2.45) is 11.3 Å². The highest BCUT2D eigenvalue weighted by Gasteiger charge is 2.21. The molecule has 1 unspecified atom stereocenters. The lowest BCUT2D eigenvalue weighted by atomic mass is 9.85. The fourth-order valence-electron chi connectivity index (χ4n) is 1.25. The van der Waals surface area contributed by atoms with Crippen molar-refractivity contribution >= 4 is 5.78 Å². The number of aliphatic hydroxyl groups is 1. The monoisotopic (exact) mass is 200 g/mol.